The molecule has 0 aliphatic rings. The molecule has 0 amide bonds. The molecular weight excluding hydrogens is 285 g/mol. The van der Waals surface area contributed by atoms with Crippen molar-refractivity contribution in [1.82, 2.24) is 4.98 Å². The summed E-state index contributed by atoms with van der Waals surface area (Å²) in [5, 5.41) is 18.1. The summed E-state index contributed by atoms with van der Waals surface area (Å²) in [5.74, 6) is -4.30. The standard InChI is InChI=1S/C7H2ClF3N2O5/c8-5(15)2-1-12-6(13(16)17)3(14)4(2)18-7(9,10)11/h1,14H. The molecule has 0 aliphatic heterocycles. The van der Waals surface area contributed by atoms with Gasteiger partial charge in [0, 0.05) is 0 Å². The van der Waals surface area contributed by atoms with Crippen molar-refractivity contribution in [1.29, 1.82) is 0 Å². The van der Waals surface area contributed by atoms with Crippen LogP contribution in [0.2, 0.25) is 0 Å². The summed E-state index contributed by atoms with van der Waals surface area (Å²) in [5.41, 5.74) is -0.947. The van der Waals surface area contributed by atoms with Crippen molar-refractivity contribution in [3.8, 4) is 11.5 Å². The van der Waals surface area contributed by atoms with Gasteiger partial charge in [0.25, 0.3) is 11.0 Å². The molecule has 0 unspecified atom stereocenters. The number of carbonyl (C=O) groups excluding carboxylic acids is 1. The number of nitrogens with zero attached hydrogens (tertiary/aromatic N) is 2. The summed E-state index contributed by atoms with van der Waals surface area (Å²) < 4.78 is 39.4. The summed E-state index contributed by atoms with van der Waals surface area (Å²) in [6.45, 7) is 0. The summed E-state index contributed by atoms with van der Waals surface area (Å²) in [6, 6.07) is 0. The first-order valence-electron chi connectivity index (χ1n) is 3.95. The average molecular weight is 287 g/mol. The van der Waals surface area contributed by atoms with Gasteiger partial charge in [-0.05, 0) is 21.5 Å². The normalized spacial score (nSPS) is 11.1. The van der Waals surface area contributed by atoms with Crippen LogP contribution in [0.4, 0.5) is 19.0 Å². The Kier molecular flexibility index (Phi) is 3.60. The molecule has 0 aromatic carbocycles. The maximum atomic E-state index is 12.0. The van der Waals surface area contributed by atoms with Crippen molar-refractivity contribution < 1.29 is 32.7 Å². The lowest BCUT2D eigenvalue weighted by molar-refractivity contribution is -0.390. The Morgan fingerprint density at radius 3 is 2.50 bits per heavy atom. The van der Waals surface area contributed by atoms with E-state index in [4.69, 9.17) is 11.6 Å². The van der Waals surface area contributed by atoms with Crippen molar-refractivity contribution in [2.75, 3.05) is 0 Å². The van der Waals surface area contributed by atoms with Crippen LogP contribution in [0, 0.1) is 10.1 Å². The largest absolute Gasteiger partial charge is 0.573 e. The molecule has 11 heteroatoms. The molecule has 0 saturated heterocycles. The third-order valence-corrected chi connectivity index (χ3v) is 1.79. The number of hydrogen-bond acceptors (Lipinski definition) is 6. The fourth-order valence-corrected chi connectivity index (χ4v) is 1.10. The quantitative estimate of drug-likeness (QED) is 0.517. The Morgan fingerprint density at radius 1 is 1.56 bits per heavy atom. The van der Waals surface area contributed by atoms with Crippen molar-refractivity contribution in [3.05, 3.63) is 21.9 Å². The summed E-state index contributed by atoms with van der Waals surface area (Å²) in [4.78, 5) is 22.9. The van der Waals surface area contributed by atoms with Crippen LogP contribution in [-0.4, -0.2) is 26.6 Å². The van der Waals surface area contributed by atoms with Crippen LogP contribution in [0.3, 0.4) is 0 Å². The molecule has 0 saturated carbocycles. The minimum atomic E-state index is -5.27. The van der Waals surface area contributed by atoms with E-state index in [2.05, 4.69) is 9.72 Å². The minimum absolute atomic E-state index is 0.397. The van der Waals surface area contributed by atoms with Crippen LogP contribution in [0.15, 0.2) is 6.20 Å². The molecule has 7 nitrogen and oxygen atoms in total. The van der Waals surface area contributed by atoms with Gasteiger partial charge < -0.3 is 20.0 Å². The predicted octanol–water partition coefficient (Wildman–Crippen LogP) is 1.97. The minimum Gasteiger partial charge on any atom is -0.498 e. The number of halogens is 4. The maximum Gasteiger partial charge on any atom is 0.573 e. The number of pyridine rings is 1. The van der Waals surface area contributed by atoms with Gasteiger partial charge in [0.2, 0.25) is 0 Å². The van der Waals surface area contributed by atoms with Gasteiger partial charge in [-0.3, -0.25) is 4.79 Å². The van der Waals surface area contributed by atoms with Crippen LogP contribution >= 0.6 is 11.6 Å². The highest BCUT2D eigenvalue weighted by Gasteiger charge is 2.37. The van der Waals surface area contributed by atoms with Gasteiger partial charge >= 0.3 is 12.2 Å². The molecular formula is C7H2ClF3N2O5. The van der Waals surface area contributed by atoms with Crippen molar-refractivity contribution in [2.24, 2.45) is 0 Å². The van der Waals surface area contributed by atoms with Crippen molar-refractivity contribution in [3.63, 3.8) is 0 Å². The fourth-order valence-electron chi connectivity index (χ4n) is 0.967. The monoisotopic (exact) mass is 286 g/mol. The van der Waals surface area contributed by atoms with Gasteiger partial charge in [-0.25, -0.2) is 0 Å². The van der Waals surface area contributed by atoms with Crippen LogP contribution < -0.4 is 4.74 Å². The van der Waals surface area contributed by atoms with E-state index >= 15 is 0 Å². The van der Waals surface area contributed by atoms with Crippen LogP contribution in [0.25, 0.3) is 0 Å². The van der Waals surface area contributed by atoms with Crippen molar-refractivity contribution >= 4 is 22.7 Å². The van der Waals surface area contributed by atoms with E-state index in [0.29, 0.717) is 6.20 Å². The first kappa shape index (κ1) is 14.0. The lowest BCUT2D eigenvalue weighted by atomic mass is 10.2. The Bertz CT molecular complexity index is 519. The van der Waals surface area contributed by atoms with E-state index in [-0.39, 0.29) is 0 Å². The molecule has 0 fully saturated rings. The topological polar surface area (TPSA) is 103 Å². The summed E-state index contributed by atoms with van der Waals surface area (Å²) >= 11 is 4.93. The van der Waals surface area contributed by atoms with E-state index in [1.807, 2.05) is 0 Å². The molecule has 1 aromatic rings. The summed E-state index contributed by atoms with van der Waals surface area (Å²) in [6.07, 6.45) is -4.87. The number of rotatable bonds is 3. The molecule has 1 aromatic heterocycles. The zero-order chi connectivity index (χ0) is 14.1. The highest BCUT2D eigenvalue weighted by molar-refractivity contribution is 6.68. The highest BCUT2D eigenvalue weighted by atomic mass is 35.5. The second kappa shape index (κ2) is 4.64. The molecule has 0 spiro atoms. The lowest BCUT2D eigenvalue weighted by Gasteiger charge is -2.11. The number of ether oxygens (including phenoxy) is 1. The van der Waals surface area contributed by atoms with Crippen LogP contribution in [0.1, 0.15) is 10.4 Å². The number of aromatic nitrogens is 1. The maximum absolute atomic E-state index is 12.0. The number of carbonyl (C=O) groups is 1. The SMILES string of the molecule is O=C(Cl)c1cnc([N+](=O)[O-])c(O)c1OC(F)(F)F. The Hall–Kier alpha value is -2.10. The van der Waals surface area contributed by atoms with Gasteiger partial charge in [-0.15, -0.1) is 13.2 Å². The van der Waals surface area contributed by atoms with E-state index < -0.39 is 39.4 Å². The van der Waals surface area contributed by atoms with Gasteiger partial charge in [-0.2, -0.15) is 0 Å². The van der Waals surface area contributed by atoms with E-state index in [1.54, 1.807) is 0 Å². The van der Waals surface area contributed by atoms with E-state index in [9.17, 15) is 33.2 Å². The molecule has 0 radical (unpaired) electrons. The van der Waals surface area contributed by atoms with Gasteiger partial charge in [0.05, 0.1) is 0 Å². The highest BCUT2D eigenvalue weighted by Crippen LogP contribution is 2.40. The Labute approximate surface area is 101 Å². The smallest absolute Gasteiger partial charge is 0.498 e. The van der Waals surface area contributed by atoms with Crippen LogP contribution in [-0.2, 0) is 0 Å². The molecule has 1 N–H and O–H groups in total. The first-order chi connectivity index (χ1) is 8.13. The predicted molar refractivity (Wildman–Crippen MR) is 49.4 cm³/mol. The second-order valence-corrected chi connectivity index (χ2v) is 3.10. The van der Waals surface area contributed by atoms with E-state index in [0.717, 1.165) is 0 Å². The van der Waals surface area contributed by atoms with Gasteiger partial charge in [-0.1, -0.05) is 0 Å². The molecule has 1 heterocycles. The number of nitro groups is 1. The lowest BCUT2D eigenvalue weighted by Crippen LogP contribution is -2.19. The Morgan fingerprint density at radius 2 is 2.11 bits per heavy atom. The van der Waals surface area contributed by atoms with Gasteiger partial charge in [0.1, 0.15) is 5.56 Å². The molecule has 98 valence electrons. The van der Waals surface area contributed by atoms with E-state index in [1.165, 1.54) is 0 Å². The average Bonchev–Trinajstić information content (AvgIpc) is 2.17. The second-order valence-electron chi connectivity index (χ2n) is 2.75. The third-order valence-electron chi connectivity index (χ3n) is 1.59. The van der Waals surface area contributed by atoms with Gasteiger partial charge in [0.15, 0.2) is 11.9 Å². The molecule has 1 rings (SSSR count). The molecule has 0 aliphatic carbocycles. The molecule has 0 atom stereocenters. The molecule has 18 heavy (non-hydrogen) atoms. The Balaban J connectivity index is 3.45. The number of aromatic hydroxyl groups is 1. The third kappa shape index (κ3) is 2.97. The van der Waals surface area contributed by atoms with Crippen LogP contribution in [0.5, 0.6) is 11.5 Å². The zero-order valence-corrected chi connectivity index (χ0v) is 8.82. The fraction of sp³-hybridized carbons (Fsp3) is 0.143. The van der Waals surface area contributed by atoms with Crippen molar-refractivity contribution in [2.45, 2.75) is 6.36 Å². The summed E-state index contributed by atoms with van der Waals surface area (Å²) in [7, 11) is 0. The zero-order valence-electron chi connectivity index (χ0n) is 8.06. The number of alkyl halides is 3. The number of hydrogen-bond donors (Lipinski definition) is 1. The molecule has 0 bridgehead atoms. The first-order valence-corrected chi connectivity index (χ1v) is 4.33.